The molecule has 1 fully saturated rings. The van der Waals surface area contributed by atoms with Gasteiger partial charge in [0.15, 0.2) is 0 Å². The molecule has 0 saturated heterocycles. The summed E-state index contributed by atoms with van der Waals surface area (Å²) in [4.78, 5) is 0. The van der Waals surface area contributed by atoms with Crippen molar-refractivity contribution in [3.05, 3.63) is 34.1 Å². The molecule has 0 radical (unpaired) electrons. The minimum absolute atomic E-state index is 0.155. The predicted molar refractivity (Wildman–Crippen MR) is 81.2 cm³/mol. The van der Waals surface area contributed by atoms with E-state index in [0.717, 1.165) is 18.4 Å². The summed E-state index contributed by atoms with van der Waals surface area (Å²) in [6, 6.07) is 4.74. The van der Waals surface area contributed by atoms with Crippen LogP contribution in [0.3, 0.4) is 0 Å². The Hall–Kier alpha value is -0.450. The van der Waals surface area contributed by atoms with Crippen molar-refractivity contribution >= 4 is 15.9 Å². The molecule has 0 bridgehead atoms. The second-order valence-electron chi connectivity index (χ2n) is 5.65. The first kappa shape index (κ1) is 15.9. The van der Waals surface area contributed by atoms with Gasteiger partial charge in [-0.1, -0.05) is 35.2 Å². The summed E-state index contributed by atoms with van der Waals surface area (Å²) in [5, 5.41) is 10.4. The number of rotatable bonds is 5. The molecule has 112 valence electrons. The van der Waals surface area contributed by atoms with Gasteiger partial charge in [0, 0.05) is 18.0 Å². The summed E-state index contributed by atoms with van der Waals surface area (Å²) in [5.74, 6) is 0.133. The third-order valence-electron chi connectivity index (χ3n) is 4.13. The lowest BCUT2D eigenvalue weighted by Gasteiger charge is -2.32. The molecule has 1 N–H and O–H groups in total. The van der Waals surface area contributed by atoms with E-state index in [2.05, 4.69) is 15.9 Å². The number of halogens is 2. The standard InChI is InChI=1S/C16H22BrFO2/c1-20-16(12-5-3-2-4-6-12)15(19)9-11-7-13(17)10-14(18)8-11/h7-8,10,12,15-16,19H,2-6,9H2,1H3. The van der Waals surface area contributed by atoms with Crippen LogP contribution in [0.1, 0.15) is 37.7 Å². The Morgan fingerprint density at radius 1 is 1.30 bits per heavy atom. The van der Waals surface area contributed by atoms with Crippen LogP contribution in [0.5, 0.6) is 0 Å². The Balaban J connectivity index is 2.02. The van der Waals surface area contributed by atoms with E-state index in [4.69, 9.17) is 4.74 Å². The zero-order valence-corrected chi connectivity index (χ0v) is 13.4. The summed E-state index contributed by atoms with van der Waals surface area (Å²) in [5.41, 5.74) is 0.794. The van der Waals surface area contributed by atoms with Gasteiger partial charge in [-0.2, -0.15) is 0 Å². The van der Waals surface area contributed by atoms with Crippen LogP contribution in [0.2, 0.25) is 0 Å². The Labute approximate surface area is 128 Å². The molecule has 0 aromatic heterocycles. The normalized spacial score (nSPS) is 19.8. The van der Waals surface area contributed by atoms with E-state index in [1.807, 2.05) is 6.07 Å². The maximum atomic E-state index is 13.4. The molecule has 1 aromatic rings. The first-order chi connectivity index (χ1) is 9.60. The lowest BCUT2D eigenvalue weighted by atomic mass is 9.82. The van der Waals surface area contributed by atoms with Gasteiger partial charge in [-0.25, -0.2) is 4.39 Å². The van der Waals surface area contributed by atoms with E-state index in [-0.39, 0.29) is 11.9 Å². The summed E-state index contributed by atoms with van der Waals surface area (Å²) in [7, 11) is 1.66. The third-order valence-corrected chi connectivity index (χ3v) is 4.59. The van der Waals surface area contributed by atoms with Crippen LogP contribution in [0.25, 0.3) is 0 Å². The van der Waals surface area contributed by atoms with Crippen molar-refractivity contribution in [2.24, 2.45) is 5.92 Å². The van der Waals surface area contributed by atoms with Gasteiger partial charge < -0.3 is 9.84 Å². The molecule has 2 rings (SSSR count). The Morgan fingerprint density at radius 3 is 2.60 bits per heavy atom. The number of hydrogen-bond acceptors (Lipinski definition) is 2. The molecule has 0 spiro atoms. The largest absolute Gasteiger partial charge is 0.390 e. The zero-order chi connectivity index (χ0) is 14.5. The van der Waals surface area contributed by atoms with Gasteiger partial charge in [0.25, 0.3) is 0 Å². The fraction of sp³-hybridized carbons (Fsp3) is 0.625. The summed E-state index contributed by atoms with van der Waals surface area (Å²) in [6.07, 6.45) is 5.61. The number of ether oxygens (including phenoxy) is 1. The zero-order valence-electron chi connectivity index (χ0n) is 11.8. The van der Waals surface area contributed by atoms with Gasteiger partial charge in [0.2, 0.25) is 0 Å². The van der Waals surface area contributed by atoms with Crippen LogP contribution < -0.4 is 0 Å². The summed E-state index contributed by atoms with van der Waals surface area (Å²) < 4.78 is 19.6. The maximum Gasteiger partial charge on any atom is 0.124 e. The average molecular weight is 345 g/mol. The second-order valence-corrected chi connectivity index (χ2v) is 6.56. The Bertz CT molecular complexity index is 412. The molecule has 4 heteroatoms. The topological polar surface area (TPSA) is 29.5 Å². The molecule has 0 amide bonds. The van der Waals surface area contributed by atoms with Gasteiger partial charge in [0.05, 0.1) is 12.2 Å². The quantitative estimate of drug-likeness (QED) is 0.871. The lowest BCUT2D eigenvalue weighted by molar-refractivity contribution is -0.0535. The highest BCUT2D eigenvalue weighted by atomic mass is 79.9. The first-order valence-corrected chi connectivity index (χ1v) is 8.05. The number of methoxy groups -OCH3 is 1. The van der Waals surface area contributed by atoms with Crippen LogP contribution in [-0.2, 0) is 11.2 Å². The van der Waals surface area contributed by atoms with Crippen LogP contribution in [0.15, 0.2) is 22.7 Å². The predicted octanol–water partition coefficient (Wildman–Crippen LogP) is 4.09. The monoisotopic (exact) mass is 344 g/mol. The maximum absolute atomic E-state index is 13.4. The smallest absolute Gasteiger partial charge is 0.124 e. The number of aliphatic hydroxyl groups is 1. The molecular formula is C16H22BrFO2. The highest BCUT2D eigenvalue weighted by Gasteiger charge is 2.29. The number of benzene rings is 1. The Kier molecular flexibility index (Phi) is 6.00. The minimum Gasteiger partial charge on any atom is -0.390 e. The van der Waals surface area contributed by atoms with E-state index in [9.17, 15) is 9.50 Å². The van der Waals surface area contributed by atoms with Crippen molar-refractivity contribution < 1.29 is 14.2 Å². The van der Waals surface area contributed by atoms with E-state index in [1.54, 1.807) is 7.11 Å². The van der Waals surface area contributed by atoms with Gasteiger partial charge in [-0.3, -0.25) is 0 Å². The van der Waals surface area contributed by atoms with Crippen LogP contribution in [0, 0.1) is 11.7 Å². The minimum atomic E-state index is -0.586. The Morgan fingerprint density at radius 2 is 2.00 bits per heavy atom. The molecule has 0 aliphatic heterocycles. The van der Waals surface area contributed by atoms with Gasteiger partial charge in [-0.05, 0) is 42.5 Å². The van der Waals surface area contributed by atoms with Crippen molar-refractivity contribution in [1.29, 1.82) is 0 Å². The van der Waals surface area contributed by atoms with Crippen molar-refractivity contribution in [1.82, 2.24) is 0 Å². The average Bonchev–Trinajstić information content (AvgIpc) is 2.39. The fourth-order valence-corrected chi connectivity index (χ4v) is 3.73. The van der Waals surface area contributed by atoms with E-state index in [0.29, 0.717) is 16.8 Å². The molecule has 20 heavy (non-hydrogen) atoms. The van der Waals surface area contributed by atoms with Crippen LogP contribution >= 0.6 is 15.9 Å². The van der Waals surface area contributed by atoms with Crippen LogP contribution in [-0.4, -0.2) is 24.4 Å². The fourth-order valence-electron chi connectivity index (χ4n) is 3.21. The van der Waals surface area contributed by atoms with Crippen molar-refractivity contribution in [3.8, 4) is 0 Å². The van der Waals surface area contributed by atoms with Gasteiger partial charge in [-0.15, -0.1) is 0 Å². The molecule has 1 aliphatic rings. The molecule has 2 nitrogen and oxygen atoms in total. The highest BCUT2D eigenvalue weighted by Crippen LogP contribution is 2.30. The molecule has 2 unspecified atom stereocenters. The molecule has 1 aliphatic carbocycles. The third kappa shape index (κ3) is 4.27. The first-order valence-electron chi connectivity index (χ1n) is 7.26. The van der Waals surface area contributed by atoms with Crippen molar-refractivity contribution in [2.75, 3.05) is 7.11 Å². The van der Waals surface area contributed by atoms with Crippen molar-refractivity contribution in [2.45, 2.75) is 50.7 Å². The summed E-state index contributed by atoms with van der Waals surface area (Å²) in [6.45, 7) is 0. The van der Waals surface area contributed by atoms with E-state index >= 15 is 0 Å². The number of hydrogen-bond donors (Lipinski definition) is 1. The van der Waals surface area contributed by atoms with Gasteiger partial charge >= 0.3 is 0 Å². The van der Waals surface area contributed by atoms with Crippen molar-refractivity contribution in [3.63, 3.8) is 0 Å². The summed E-state index contributed by atoms with van der Waals surface area (Å²) >= 11 is 3.28. The molecule has 1 aromatic carbocycles. The molecular weight excluding hydrogens is 323 g/mol. The molecule has 0 heterocycles. The van der Waals surface area contributed by atoms with Crippen LogP contribution in [0.4, 0.5) is 4.39 Å². The lowest BCUT2D eigenvalue weighted by Crippen LogP contribution is -2.37. The van der Waals surface area contributed by atoms with E-state index < -0.39 is 6.10 Å². The van der Waals surface area contributed by atoms with E-state index in [1.165, 1.54) is 31.4 Å². The molecule has 2 atom stereocenters. The molecule has 1 saturated carbocycles. The second kappa shape index (κ2) is 7.53. The number of aliphatic hydroxyl groups excluding tert-OH is 1. The van der Waals surface area contributed by atoms with Gasteiger partial charge in [0.1, 0.15) is 5.82 Å². The SMILES string of the molecule is COC(C(O)Cc1cc(F)cc(Br)c1)C1CCCCC1. The highest BCUT2D eigenvalue weighted by molar-refractivity contribution is 9.10.